The van der Waals surface area contributed by atoms with Crippen molar-refractivity contribution in [2.75, 3.05) is 30.8 Å². The summed E-state index contributed by atoms with van der Waals surface area (Å²) in [5.74, 6) is 1.15. The molecular weight excluding hydrogens is 328 g/mol. The molecule has 1 fully saturated rings. The van der Waals surface area contributed by atoms with Crippen LogP contribution in [0.1, 0.15) is 13.8 Å². The van der Waals surface area contributed by atoms with Crippen molar-refractivity contribution in [3.8, 4) is 11.3 Å². The van der Waals surface area contributed by atoms with E-state index in [1.165, 1.54) is 6.20 Å². The van der Waals surface area contributed by atoms with Crippen LogP contribution in [0.25, 0.3) is 11.3 Å². The Labute approximate surface area is 146 Å². The Kier molecular flexibility index (Phi) is 4.89. The average molecular weight is 349 g/mol. The first-order chi connectivity index (χ1) is 11.4. The third kappa shape index (κ3) is 4.14. The van der Waals surface area contributed by atoms with Crippen LogP contribution in [-0.2, 0) is 9.47 Å². The maximum Gasteiger partial charge on any atom is 0.126 e. The summed E-state index contributed by atoms with van der Waals surface area (Å²) in [6.45, 7) is 5.81. The van der Waals surface area contributed by atoms with Crippen molar-refractivity contribution in [1.29, 1.82) is 0 Å². The van der Waals surface area contributed by atoms with Gasteiger partial charge in [-0.3, -0.25) is 0 Å². The Morgan fingerprint density at radius 2 is 2.25 bits per heavy atom. The van der Waals surface area contributed by atoms with Crippen LogP contribution in [0.5, 0.6) is 0 Å². The van der Waals surface area contributed by atoms with Crippen molar-refractivity contribution in [1.82, 2.24) is 9.97 Å². The van der Waals surface area contributed by atoms with E-state index in [1.54, 1.807) is 6.07 Å². The molecule has 0 aromatic carbocycles. The molecule has 0 bridgehead atoms. The van der Waals surface area contributed by atoms with Crippen molar-refractivity contribution < 1.29 is 9.47 Å². The highest BCUT2D eigenvalue weighted by Gasteiger charge is 2.28. The lowest BCUT2D eigenvalue weighted by molar-refractivity contribution is -0.170. The second-order valence-corrected chi connectivity index (χ2v) is 6.79. The van der Waals surface area contributed by atoms with Gasteiger partial charge in [-0.15, -0.1) is 0 Å². The fourth-order valence-corrected chi connectivity index (χ4v) is 2.60. The van der Waals surface area contributed by atoms with Gasteiger partial charge >= 0.3 is 0 Å². The van der Waals surface area contributed by atoms with E-state index in [1.807, 2.05) is 32.0 Å². The molecule has 24 heavy (non-hydrogen) atoms. The highest BCUT2D eigenvalue weighted by Crippen LogP contribution is 2.28. The molecule has 3 N–H and O–H groups in total. The Morgan fingerprint density at radius 1 is 1.42 bits per heavy atom. The number of nitrogen functional groups attached to an aromatic ring is 1. The third-order valence-electron chi connectivity index (χ3n) is 3.74. The highest BCUT2D eigenvalue weighted by molar-refractivity contribution is 6.33. The lowest BCUT2D eigenvalue weighted by Gasteiger charge is -2.35. The van der Waals surface area contributed by atoms with Crippen molar-refractivity contribution in [3.63, 3.8) is 0 Å². The average Bonchev–Trinajstić information content (AvgIpc) is 2.56. The molecule has 0 aliphatic carbocycles. The molecule has 1 unspecified atom stereocenters. The molecule has 7 heteroatoms. The third-order valence-corrected chi connectivity index (χ3v) is 4.04. The minimum atomic E-state index is -0.216. The van der Waals surface area contributed by atoms with Crippen molar-refractivity contribution in [3.05, 3.63) is 35.5 Å². The lowest BCUT2D eigenvalue weighted by Crippen LogP contribution is -2.44. The molecule has 3 rings (SSSR count). The van der Waals surface area contributed by atoms with Gasteiger partial charge in [0.2, 0.25) is 0 Å². The first-order valence-corrected chi connectivity index (χ1v) is 8.19. The monoisotopic (exact) mass is 348 g/mol. The Balaban J connectivity index is 1.67. The molecule has 128 valence electrons. The summed E-state index contributed by atoms with van der Waals surface area (Å²) < 4.78 is 11.6. The second-order valence-electron chi connectivity index (χ2n) is 6.38. The molecule has 1 saturated heterocycles. The van der Waals surface area contributed by atoms with Gasteiger partial charge in [0.1, 0.15) is 11.6 Å². The molecule has 3 heterocycles. The number of nitrogens with zero attached hydrogens (tertiary/aromatic N) is 2. The Hall–Kier alpha value is -1.89. The van der Waals surface area contributed by atoms with Crippen LogP contribution in [0.15, 0.2) is 30.5 Å². The van der Waals surface area contributed by atoms with Crippen molar-refractivity contribution >= 4 is 23.2 Å². The lowest BCUT2D eigenvalue weighted by atomic mass is 10.1. The number of hydrogen-bond donors (Lipinski definition) is 2. The summed E-state index contributed by atoms with van der Waals surface area (Å²) in [5.41, 5.74) is 7.02. The molecule has 0 saturated carbocycles. The van der Waals surface area contributed by atoms with Gasteiger partial charge in [-0.25, -0.2) is 9.97 Å². The normalized spacial score (nSPS) is 19.9. The number of aromatic nitrogens is 2. The molecule has 1 aliphatic rings. The molecule has 2 aromatic heterocycles. The number of pyridine rings is 2. The summed E-state index contributed by atoms with van der Waals surface area (Å²) in [4.78, 5) is 8.55. The molecule has 1 atom stereocenters. The molecule has 1 aliphatic heterocycles. The van der Waals surface area contributed by atoms with Crippen molar-refractivity contribution in [2.45, 2.75) is 25.6 Å². The van der Waals surface area contributed by atoms with Crippen molar-refractivity contribution in [2.24, 2.45) is 0 Å². The van der Waals surface area contributed by atoms with E-state index in [0.29, 0.717) is 30.6 Å². The van der Waals surface area contributed by atoms with Crippen LogP contribution >= 0.6 is 11.6 Å². The first-order valence-electron chi connectivity index (χ1n) is 7.81. The number of rotatable bonds is 4. The van der Waals surface area contributed by atoms with Crippen LogP contribution in [0.3, 0.4) is 0 Å². The Morgan fingerprint density at radius 3 is 3.00 bits per heavy atom. The van der Waals surface area contributed by atoms with E-state index >= 15 is 0 Å². The van der Waals surface area contributed by atoms with Gasteiger partial charge < -0.3 is 20.5 Å². The molecule has 2 aromatic rings. The fourth-order valence-electron chi connectivity index (χ4n) is 2.40. The van der Waals surface area contributed by atoms with Crippen LogP contribution < -0.4 is 11.1 Å². The SMILES string of the molecule is CC1(C)COC(CNc2cccc(-c3cc(N)ncc3Cl)n2)CO1. The highest BCUT2D eigenvalue weighted by atomic mass is 35.5. The number of ether oxygens (including phenoxy) is 2. The van der Waals surface area contributed by atoms with E-state index in [2.05, 4.69) is 15.3 Å². The summed E-state index contributed by atoms with van der Waals surface area (Å²) in [6, 6.07) is 7.41. The standard InChI is InChI=1S/C17H21ClN4O2/c1-17(2)10-23-11(9-24-17)7-21-16-5-3-4-14(22-16)12-6-15(19)20-8-13(12)18/h3-6,8,11H,7,9-10H2,1-2H3,(H2,19,20)(H,21,22). The van der Waals surface area contributed by atoms with Crippen LogP contribution in [0.2, 0.25) is 5.02 Å². The largest absolute Gasteiger partial charge is 0.384 e. The summed E-state index contributed by atoms with van der Waals surface area (Å²) in [6.07, 6.45) is 1.53. The Bertz CT molecular complexity index is 713. The second kappa shape index (κ2) is 6.93. The van der Waals surface area contributed by atoms with Gasteiger partial charge in [-0.1, -0.05) is 17.7 Å². The first kappa shape index (κ1) is 17.0. The van der Waals surface area contributed by atoms with E-state index in [9.17, 15) is 0 Å². The van der Waals surface area contributed by atoms with E-state index in [0.717, 1.165) is 17.1 Å². The predicted molar refractivity (Wildman–Crippen MR) is 95.2 cm³/mol. The zero-order chi connectivity index (χ0) is 17.2. The number of halogens is 1. The van der Waals surface area contributed by atoms with Crippen LogP contribution in [-0.4, -0.2) is 41.4 Å². The fraction of sp³-hybridized carbons (Fsp3) is 0.412. The smallest absolute Gasteiger partial charge is 0.126 e. The van der Waals surface area contributed by atoms with Gasteiger partial charge in [0, 0.05) is 18.3 Å². The van der Waals surface area contributed by atoms with E-state index in [4.69, 9.17) is 26.8 Å². The quantitative estimate of drug-likeness (QED) is 0.883. The summed E-state index contributed by atoms with van der Waals surface area (Å²) in [5, 5.41) is 3.79. The topological polar surface area (TPSA) is 82.3 Å². The zero-order valence-electron chi connectivity index (χ0n) is 13.8. The van der Waals surface area contributed by atoms with Crippen LogP contribution in [0, 0.1) is 0 Å². The van der Waals surface area contributed by atoms with Gasteiger partial charge in [-0.05, 0) is 32.0 Å². The predicted octanol–water partition coefficient (Wildman–Crippen LogP) is 2.99. The van der Waals surface area contributed by atoms with Gasteiger partial charge in [0.25, 0.3) is 0 Å². The number of nitrogens with one attached hydrogen (secondary N) is 1. The molecule has 0 spiro atoms. The minimum Gasteiger partial charge on any atom is -0.384 e. The summed E-state index contributed by atoms with van der Waals surface area (Å²) in [7, 11) is 0. The maximum absolute atomic E-state index is 6.19. The van der Waals surface area contributed by atoms with E-state index < -0.39 is 0 Å². The maximum atomic E-state index is 6.19. The van der Waals surface area contributed by atoms with Gasteiger partial charge in [0.05, 0.1) is 35.6 Å². The zero-order valence-corrected chi connectivity index (χ0v) is 14.5. The number of nitrogens with two attached hydrogens (primary N) is 1. The molecule has 0 radical (unpaired) electrons. The number of anilines is 2. The van der Waals surface area contributed by atoms with Crippen LogP contribution in [0.4, 0.5) is 11.6 Å². The number of hydrogen-bond acceptors (Lipinski definition) is 6. The molecule has 0 amide bonds. The van der Waals surface area contributed by atoms with Gasteiger partial charge in [-0.2, -0.15) is 0 Å². The summed E-state index contributed by atoms with van der Waals surface area (Å²) >= 11 is 6.19. The molecule has 6 nitrogen and oxygen atoms in total. The minimum absolute atomic E-state index is 0.00337. The van der Waals surface area contributed by atoms with Gasteiger partial charge in [0.15, 0.2) is 0 Å². The molecular formula is C17H21ClN4O2. The van der Waals surface area contributed by atoms with E-state index in [-0.39, 0.29) is 11.7 Å².